The van der Waals surface area contributed by atoms with Gasteiger partial charge in [0.05, 0.1) is 0 Å². The van der Waals surface area contributed by atoms with Crippen molar-refractivity contribution < 1.29 is 39.3 Å². The third-order valence-corrected chi connectivity index (χ3v) is 3.08. The van der Waals surface area contributed by atoms with Gasteiger partial charge in [0, 0.05) is 11.9 Å². The van der Waals surface area contributed by atoms with Gasteiger partial charge in [0.1, 0.15) is 0 Å². The van der Waals surface area contributed by atoms with Gasteiger partial charge in [-0.3, -0.25) is 0 Å². The summed E-state index contributed by atoms with van der Waals surface area (Å²) in [7, 11) is 0. The van der Waals surface area contributed by atoms with Gasteiger partial charge in [0.2, 0.25) is 0 Å². The number of carboxylic acid groups (broad SMARTS) is 2. The molecule has 0 rings (SSSR count). The van der Waals surface area contributed by atoms with E-state index in [0.717, 1.165) is 0 Å². The summed E-state index contributed by atoms with van der Waals surface area (Å²) < 4.78 is 0. The van der Waals surface area contributed by atoms with E-state index in [4.69, 9.17) is 11.5 Å². The maximum absolute atomic E-state index is 9.90. The zero-order chi connectivity index (χ0) is 14.6. The van der Waals surface area contributed by atoms with Gasteiger partial charge in [0.15, 0.2) is 0 Å². The van der Waals surface area contributed by atoms with Crippen LogP contribution in [0.2, 0.25) is 0 Å². The standard InChI is InChI=1S/2C5H10NO2S.Zn/c2*1-9-3-2-4(6)5(7)8;/h2*4,6H,2-3H2,1H3,(H,7,8);/q2*-1;+2/p-2. The van der Waals surface area contributed by atoms with Gasteiger partial charge in [-0.1, -0.05) is 24.9 Å². The van der Waals surface area contributed by atoms with Gasteiger partial charge in [-0.05, 0) is 24.0 Å². The molecule has 2 N–H and O–H groups in total. The van der Waals surface area contributed by atoms with E-state index >= 15 is 0 Å². The number of nitrogens with one attached hydrogen (secondary N) is 2. The SMILES string of the molecule is CSCCC([NH-])C(=O)[O-].CSCCC([NH-])C(=O)[O-].[Zn+2]. The van der Waals surface area contributed by atoms with Crippen molar-refractivity contribution in [1.29, 1.82) is 0 Å². The van der Waals surface area contributed by atoms with Gasteiger partial charge in [-0.15, -0.1) is 0 Å². The summed E-state index contributed by atoms with van der Waals surface area (Å²) >= 11 is 3.07. The Balaban J connectivity index is -0.000000256. The number of thioether (sulfide) groups is 2. The average Bonchev–Trinajstić information content (AvgIpc) is 2.33. The van der Waals surface area contributed by atoms with E-state index in [9.17, 15) is 19.8 Å². The van der Waals surface area contributed by atoms with Crippen molar-refractivity contribution in [2.75, 3.05) is 24.0 Å². The fourth-order valence-electron chi connectivity index (χ4n) is 0.707. The van der Waals surface area contributed by atoms with Crippen LogP contribution in [0.3, 0.4) is 0 Å². The van der Waals surface area contributed by atoms with Crippen LogP contribution in [0.5, 0.6) is 0 Å². The zero-order valence-electron chi connectivity index (χ0n) is 11.1. The minimum atomic E-state index is -1.27. The molecule has 0 saturated heterocycles. The summed E-state index contributed by atoms with van der Waals surface area (Å²) in [5.41, 5.74) is 13.7. The number of hydrogen-bond donors (Lipinski definition) is 0. The molecule has 0 amide bonds. The molecule has 19 heavy (non-hydrogen) atoms. The quantitative estimate of drug-likeness (QED) is 0.553. The predicted molar refractivity (Wildman–Crippen MR) is 72.2 cm³/mol. The third kappa shape index (κ3) is 18.2. The maximum atomic E-state index is 9.90. The Morgan fingerprint density at radius 1 is 0.947 bits per heavy atom. The van der Waals surface area contributed by atoms with Crippen LogP contribution in [0.25, 0.3) is 11.5 Å². The largest absolute Gasteiger partial charge is 2.00 e. The Kier molecular flexibility index (Phi) is 20.7. The first-order valence-corrected chi connectivity index (χ1v) is 7.97. The van der Waals surface area contributed by atoms with Gasteiger partial charge >= 0.3 is 19.5 Å². The smallest absolute Gasteiger partial charge is 0.670 e. The molecule has 0 aromatic carbocycles. The van der Waals surface area contributed by atoms with Crippen LogP contribution < -0.4 is 10.2 Å². The first kappa shape index (κ1) is 24.2. The molecule has 0 aliphatic rings. The first-order valence-electron chi connectivity index (χ1n) is 5.18. The number of rotatable bonds is 8. The number of carbonyl (C=O) groups excluding carboxylic acids is 2. The second kappa shape index (κ2) is 16.2. The zero-order valence-corrected chi connectivity index (χ0v) is 15.7. The van der Waals surface area contributed by atoms with Crippen molar-refractivity contribution in [3.05, 3.63) is 11.5 Å². The van der Waals surface area contributed by atoms with Crippen molar-refractivity contribution in [2.45, 2.75) is 24.9 Å². The van der Waals surface area contributed by atoms with E-state index in [1.807, 2.05) is 12.5 Å². The number of carbonyl (C=O) groups is 2. The van der Waals surface area contributed by atoms with E-state index in [1.54, 1.807) is 0 Å². The van der Waals surface area contributed by atoms with Crippen LogP contribution in [0.1, 0.15) is 12.8 Å². The van der Waals surface area contributed by atoms with Gasteiger partial charge in [-0.2, -0.15) is 23.5 Å². The Morgan fingerprint density at radius 3 is 1.37 bits per heavy atom. The molecule has 0 spiro atoms. The molecule has 0 bridgehead atoms. The third-order valence-electron chi connectivity index (χ3n) is 1.79. The van der Waals surface area contributed by atoms with E-state index in [1.165, 1.54) is 23.5 Å². The molecule has 0 aliphatic heterocycles. The van der Waals surface area contributed by atoms with Crippen LogP contribution in [0.15, 0.2) is 0 Å². The van der Waals surface area contributed by atoms with Crippen molar-refractivity contribution in [1.82, 2.24) is 0 Å². The minimum absolute atomic E-state index is 0. The summed E-state index contributed by atoms with van der Waals surface area (Å²) in [5, 5.41) is 19.8. The van der Waals surface area contributed by atoms with E-state index in [2.05, 4.69) is 0 Å². The van der Waals surface area contributed by atoms with Gasteiger partial charge in [-0.25, -0.2) is 0 Å². The Labute approximate surface area is 135 Å². The number of hydrogen-bond acceptors (Lipinski definition) is 6. The van der Waals surface area contributed by atoms with Crippen molar-refractivity contribution in [2.24, 2.45) is 0 Å². The summed E-state index contributed by atoms with van der Waals surface area (Å²) in [6.07, 6.45) is 4.51. The topological polar surface area (TPSA) is 128 Å². The minimum Gasteiger partial charge on any atom is -0.670 e. The molecule has 0 heterocycles. The molecule has 6 nitrogen and oxygen atoms in total. The molecule has 2 atom stereocenters. The van der Waals surface area contributed by atoms with Crippen molar-refractivity contribution >= 4 is 35.5 Å². The van der Waals surface area contributed by atoms with Crippen molar-refractivity contribution in [3.8, 4) is 0 Å². The van der Waals surface area contributed by atoms with E-state index in [0.29, 0.717) is 24.3 Å². The number of carboxylic acids is 2. The molecule has 0 aromatic rings. The maximum Gasteiger partial charge on any atom is 2.00 e. The normalized spacial score (nSPS) is 12.4. The molecule has 9 heteroatoms. The predicted octanol–water partition coefficient (Wildman–Crippen LogP) is -0.182. The van der Waals surface area contributed by atoms with Crippen LogP contribution in [0.4, 0.5) is 0 Å². The van der Waals surface area contributed by atoms with Crippen LogP contribution >= 0.6 is 23.5 Å². The molecule has 0 aliphatic carbocycles. The van der Waals surface area contributed by atoms with Crippen LogP contribution in [0, 0.1) is 0 Å². The molecular weight excluding hydrogens is 342 g/mol. The molecule has 0 aromatic heterocycles. The molecule has 108 valence electrons. The Morgan fingerprint density at radius 2 is 1.21 bits per heavy atom. The summed E-state index contributed by atoms with van der Waals surface area (Å²) in [5.74, 6) is -1.13. The second-order valence-corrected chi connectivity index (χ2v) is 5.28. The molecule has 0 fully saturated rings. The molecule has 0 radical (unpaired) electrons. The van der Waals surface area contributed by atoms with Gasteiger partial charge < -0.3 is 31.3 Å². The molecule has 2 unspecified atom stereocenters. The Bertz CT molecular complexity index is 224. The summed E-state index contributed by atoms with van der Waals surface area (Å²) in [4.78, 5) is 19.8. The van der Waals surface area contributed by atoms with E-state index in [-0.39, 0.29) is 19.5 Å². The Hall–Kier alpha value is 0.183. The molecule has 0 saturated carbocycles. The van der Waals surface area contributed by atoms with Gasteiger partial charge in [0.25, 0.3) is 0 Å². The summed E-state index contributed by atoms with van der Waals surface area (Å²) in [6, 6.07) is -2.09. The van der Waals surface area contributed by atoms with Crippen LogP contribution in [-0.2, 0) is 29.1 Å². The second-order valence-electron chi connectivity index (χ2n) is 3.31. The first-order chi connectivity index (χ1) is 8.36. The summed E-state index contributed by atoms with van der Waals surface area (Å²) in [6.45, 7) is 0. The molecular formula is C10H18N2O4S2Zn-2. The fraction of sp³-hybridized carbons (Fsp3) is 0.800. The monoisotopic (exact) mass is 358 g/mol. The fourth-order valence-corrected chi connectivity index (χ4v) is 1.65. The average molecular weight is 360 g/mol. The van der Waals surface area contributed by atoms with Crippen molar-refractivity contribution in [3.63, 3.8) is 0 Å². The van der Waals surface area contributed by atoms with E-state index < -0.39 is 24.0 Å². The number of aliphatic carboxylic acids is 2. The van der Waals surface area contributed by atoms with Crippen LogP contribution in [-0.4, -0.2) is 48.0 Å².